The van der Waals surface area contributed by atoms with E-state index in [-0.39, 0.29) is 16.9 Å². The number of carbonyl (C=O) groups excluding carboxylic acids is 1. The van der Waals surface area contributed by atoms with E-state index in [1.54, 1.807) is 4.90 Å². The molecule has 98 valence electrons. The molecule has 7 heteroatoms. The SMILES string of the molecule is CCN(CC)c1c(C(N)=O)cc(Br)cc1[N+](=O)[O-]. The van der Waals surface area contributed by atoms with Crippen molar-refractivity contribution in [3.63, 3.8) is 0 Å². The Balaban J connectivity index is 3.60. The van der Waals surface area contributed by atoms with Gasteiger partial charge in [0.25, 0.3) is 11.6 Å². The smallest absolute Gasteiger partial charge is 0.294 e. The molecule has 18 heavy (non-hydrogen) atoms. The predicted molar refractivity (Wildman–Crippen MR) is 72.9 cm³/mol. The third-order valence-corrected chi connectivity index (χ3v) is 3.05. The first-order valence-electron chi connectivity index (χ1n) is 5.45. The summed E-state index contributed by atoms with van der Waals surface area (Å²) in [6.45, 7) is 4.83. The van der Waals surface area contributed by atoms with Gasteiger partial charge in [0.05, 0.1) is 10.5 Å². The first-order valence-corrected chi connectivity index (χ1v) is 6.24. The molecule has 1 rings (SSSR count). The number of nitrogens with two attached hydrogens (primary N) is 1. The molecule has 0 saturated heterocycles. The highest BCUT2D eigenvalue weighted by Gasteiger charge is 2.25. The Morgan fingerprint density at radius 1 is 1.44 bits per heavy atom. The van der Waals surface area contributed by atoms with Gasteiger partial charge in [-0.25, -0.2) is 0 Å². The van der Waals surface area contributed by atoms with E-state index in [4.69, 9.17) is 5.73 Å². The zero-order chi connectivity index (χ0) is 13.9. The van der Waals surface area contributed by atoms with Gasteiger partial charge in [0, 0.05) is 23.6 Å². The normalized spacial score (nSPS) is 10.2. The number of carbonyl (C=O) groups is 1. The van der Waals surface area contributed by atoms with Crippen molar-refractivity contribution in [1.82, 2.24) is 0 Å². The average Bonchev–Trinajstić information content (AvgIpc) is 2.31. The minimum atomic E-state index is -0.679. The van der Waals surface area contributed by atoms with Gasteiger partial charge in [-0.3, -0.25) is 14.9 Å². The van der Waals surface area contributed by atoms with E-state index in [2.05, 4.69) is 15.9 Å². The van der Waals surface area contributed by atoms with Crippen LogP contribution >= 0.6 is 15.9 Å². The molecule has 0 atom stereocenters. The van der Waals surface area contributed by atoms with Gasteiger partial charge in [0.2, 0.25) is 0 Å². The van der Waals surface area contributed by atoms with Crippen LogP contribution in [0.3, 0.4) is 0 Å². The summed E-state index contributed by atoms with van der Waals surface area (Å²) in [6, 6.07) is 2.88. The molecule has 6 nitrogen and oxygen atoms in total. The topological polar surface area (TPSA) is 89.5 Å². The van der Waals surface area contributed by atoms with E-state index < -0.39 is 10.8 Å². The van der Waals surface area contributed by atoms with Crippen molar-refractivity contribution in [3.8, 4) is 0 Å². The highest BCUT2D eigenvalue weighted by Crippen LogP contribution is 2.35. The quantitative estimate of drug-likeness (QED) is 0.667. The van der Waals surface area contributed by atoms with Gasteiger partial charge in [-0.1, -0.05) is 15.9 Å². The summed E-state index contributed by atoms with van der Waals surface area (Å²) < 4.78 is 0.457. The largest absolute Gasteiger partial charge is 0.366 e. The van der Waals surface area contributed by atoms with Crippen molar-refractivity contribution in [3.05, 3.63) is 32.3 Å². The number of halogens is 1. The molecule has 2 N–H and O–H groups in total. The number of amides is 1. The highest BCUT2D eigenvalue weighted by atomic mass is 79.9. The van der Waals surface area contributed by atoms with E-state index in [1.807, 2.05) is 13.8 Å². The van der Waals surface area contributed by atoms with Crippen LogP contribution in [-0.4, -0.2) is 23.9 Å². The maximum absolute atomic E-state index is 11.4. The molecular formula is C11H14BrN3O3. The Labute approximate surface area is 113 Å². The summed E-state index contributed by atoms with van der Waals surface area (Å²) in [5.74, 6) is -0.679. The van der Waals surface area contributed by atoms with Crippen LogP contribution in [0.4, 0.5) is 11.4 Å². The molecule has 0 aromatic heterocycles. The van der Waals surface area contributed by atoms with Crippen molar-refractivity contribution in [2.75, 3.05) is 18.0 Å². The molecule has 0 fully saturated rings. The van der Waals surface area contributed by atoms with E-state index in [1.165, 1.54) is 12.1 Å². The lowest BCUT2D eigenvalue weighted by atomic mass is 10.1. The van der Waals surface area contributed by atoms with Gasteiger partial charge in [-0.05, 0) is 19.9 Å². The lowest BCUT2D eigenvalue weighted by Gasteiger charge is -2.23. The minimum Gasteiger partial charge on any atom is -0.366 e. The molecule has 1 aromatic carbocycles. The number of benzene rings is 1. The summed E-state index contributed by atoms with van der Waals surface area (Å²) >= 11 is 3.15. The third kappa shape index (κ3) is 2.79. The standard InChI is InChI=1S/C11H14BrN3O3/c1-3-14(4-2)10-8(11(13)16)5-7(12)6-9(10)15(17)18/h5-6H,3-4H2,1-2H3,(H2,13,16). The Morgan fingerprint density at radius 3 is 2.39 bits per heavy atom. The third-order valence-electron chi connectivity index (χ3n) is 2.60. The first-order chi connectivity index (χ1) is 8.42. The van der Waals surface area contributed by atoms with Crippen LogP contribution in [0.1, 0.15) is 24.2 Å². The molecule has 0 unspecified atom stereocenters. The fraction of sp³-hybridized carbons (Fsp3) is 0.364. The second-order valence-corrected chi connectivity index (χ2v) is 4.53. The number of hydrogen-bond acceptors (Lipinski definition) is 4. The van der Waals surface area contributed by atoms with Gasteiger partial charge in [-0.15, -0.1) is 0 Å². The number of rotatable bonds is 5. The predicted octanol–water partition coefficient (Wildman–Crippen LogP) is 2.30. The summed E-state index contributed by atoms with van der Waals surface area (Å²) in [4.78, 5) is 23.8. The van der Waals surface area contributed by atoms with E-state index in [0.29, 0.717) is 17.6 Å². The minimum absolute atomic E-state index is 0.123. The van der Waals surface area contributed by atoms with Crippen molar-refractivity contribution in [2.24, 2.45) is 5.73 Å². The Morgan fingerprint density at radius 2 is 2.00 bits per heavy atom. The molecule has 0 bridgehead atoms. The van der Waals surface area contributed by atoms with Crippen molar-refractivity contribution >= 4 is 33.2 Å². The van der Waals surface area contributed by atoms with Crippen LogP contribution in [0, 0.1) is 10.1 Å². The summed E-state index contributed by atoms with van der Waals surface area (Å²) in [7, 11) is 0. The van der Waals surface area contributed by atoms with E-state index in [0.717, 1.165) is 0 Å². The summed E-state index contributed by atoms with van der Waals surface area (Å²) in [5, 5.41) is 11.1. The van der Waals surface area contributed by atoms with Gasteiger partial charge in [-0.2, -0.15) is 0 Å². The molecule has 1 amide bonds. The molecule has 0 aliphatic carbocycles. The van der Waals surface area contributed by atoms with Crippen LogP contribution in [-0.2, 0) is 0 Å². The first kappa shape index (κ1) is 14.4. The Kier molecular flexibility index (Phi) is 4.66. The van der Waals surface area contributed by atoms with Crippen molar-refractivity contribution in [1.29, 1.82) is 0 Å². The average molecular weight is 316 g/mol. The van der Waals surface area contributed by atoms with Gasteiger partial charge in [0.15, 0.2) is 0 Å². The van der Waals surface area contributed by atoms with Gasteiger partial charge < -0.3 is 10.6 Å². The lowest BCUT2D eigenvalue weighted by molar-refractivity contribution is -0.384. The van der Waals surface area contributed by atoms with E-state index in [9.17, 15) is 14.9 Å². The molecule has 0 aliphatic heterocycles. The van der Waals surface area contributed by atoms with Crippen molar-refractivity contribution < 1.29 is 9.72 Å². The molecule has 0 aliphatic rings. The molecule has 0 spiro atoms. The maximum Gasteiger partial charge on any atom is 0.294 e. The number of primary amides is 1. The van der Waals surface area contributed by atoms with Crippen LogP contribution in [0.15, 0.2) is 16.6 Å². The highest BCUT2D eigenvalue weighted by molar-refractivity contribution is 9.10. The van der Waals surface area contributed by atoms with Crippen LogP contribution in [0.5, 0.6) is 0 Å². The Bertz CT molecular complexity index is 451. The maximum atomic E-state index is 11.4. The number of nitrogens with zero attached hydrogens (tertiary/aromatic N) is 2. The summed E-state index contributed by atoms with van der Waals surface area (Å²) in [5.41, 5.74) is 5.60. The van der Waals surface area contributed by atoms with Crippen LogP contribution in [0.2, 0.25) is 0 Å². The number of nitro benzene ring substituents is 1. The molecule has 0 radical (unpaired) electrons. The van der Waals surface area contributed by atoms with E-state index >= 15 is 0 Å². The molecule has 0 heterocycles. The van der Waals surface area contributed by atoms with Gasteiger partial charge >= 0.3 is 0 Å². The number of hydrogen-bond donors (Lipinski definition) is 1. The van der Waals surface area contributed by atoms with Gasteiger partial charge in [0.1, 0.15) is 5.69 Å². The van der Waals surface area contributed by atoms with Crippen LogP contribution in [0.25, 0.3) is 0 Å². The number of anilines is 1. The Hall–Kier alpha value is -1.63. The summed E-state index contributed by atoms with van der Waals surface area (Å²) in [6.07, 6.45) is 0. The van der Waals surface area contributed by atoms with Crippen molar-refractivity contribution in [2.45, 2.75) is 13.8 Å². The lowest BCUT2D eigenvalue weighted by Crippen LogP contribution is -2.27. The second kappa shape index (κ2) is 5.81. The molecule has 1 aromatic rings. The fourth-order valence-corrected chi connectivity index (χ4v) is 2.23. The molecule has 0 saturated carbocycles. The number of nitro groups is 1. The molecular weight excluding hydrogens is 302 g/mol. The monoisotopic (exact) mass is 315 g/mol. The zero-order valence-corrected chi connectivity index (χ0v) is 11.7. The zero-order valence-electron chi connectivity index (χ0n) is 10.1. The second-order valence-electron chi connectivity index (χ2n) is 3.61. The van der Waals surface area contributed by atoms with Crippen LogP contribution < -0.4 is 10.6 Å². The fourth-order valence-electron chi connectivity index (χ4n) is 1.78.